The number of rotatable bonds is 6. The molecule has 3 aromatic heterocycles. The van der Waals surface area contributed by atoms with Crippen molar-refractivity contribution in [2.24, 2.45) is 7.05 Å². The standard InChI is InChI=1S/C23H24N6O3S/c1-15(16-4-3-6-25-10-16)8-21(30)27-22-19(9-24)18-5-7-29(12-20(18)33-22)23(31)32-13-17-11-26-14-28(17)2/h3-4,6,10-11,14-15H,5,7-8,12-13H2,1-2H3,(H,27,30). The van der Waals surface area contributed by atoms with Crippen LogP contribution in [0.5, 0.6) is 0 Å². The van der Waals surface area contributed by atoms with Gasteiger partial charge in [0.1, 0.15) is 17.7 Å². The highest BCUT2D eigenvalue weighted by Gasteiger charge is 2.28. The average molecular weight is 465 g/mol. The number of thiophene rings is 1. The molecule has 1 atom stereocenters. The lowest BCUT2D eigenvalue weighted by atomic mass is 9.99. The molecule has 0 aromatic carbocycles. The van der Waals surface area contributed by atoms with Gasteiger partial charge in [-0.25, -0.2) is 9.78 Å². The van der Waals surface area contributed by atoms with Gasteiger partial charge in [0.25, 0.3) is 0 Å². The molecule has 0 spiro atoms. The lowest BCUT2D eigenvalue weighted by Crippen LogP contribution is -2.35. The number of fused-ring (bicyclic) bond motifs is 1. The fourth-order valence-corrected chi connectivity index (χ4v) is 4.99. The number of nitrogens with one attached hydrogen (secondary N) is 1. The van der Waals surface area contributed by atoms with Crippen LogP contribution in [0.25, 0.3) is 0 Å². The van der Waals surface area contributed by atoms with Crippen molar-refractivity contribution in [3.05, 3.63) is 64.3 Å². The Hall–Kier alpha value is -3.71. The first kappa shape index (κ1) is 22.5. The molecule has 2 amide bonds. The molecule has 9 nitrogen and oxygen atoms in total. The molecule has 0 saturated carbocycles. The minimum atomic E-state index is -0.412. The second-order valence-electron chi connectivity index (χ2n) is 7.98. The zero-order chi connectivity index (χ0) is 23.4. The number of hydrogen-bond donors (Lipinski definition) is 1. The second kappa shape index (κ2) is 9.83. The second-order valence-corrected chi connectivity index (χ2v) is 9.09. The lowest BCUT2D eigenvalue weighted by molar-refractivity contribution is -0.116. The van der Waals surface area contributed by atoms with Gasteiger partial charge >= 0.3 is 6.09 Å². The normalized spacial score (nSPS) is 13.7. The first-order chi connectivity index (χ1) is 16.0. The third-order valence-electron chi connectivity index (χ3n) is 5.68. The van der Waals surface area contributed by atoms with E-state index in [2.05, 4.69) is 21.4 Å². The van der Waals surface area contributed by atoms with Gasteiger partial charge < -0.3 is 19.5 Å². The summed E-state index contributed by atoms with van der Waals surface area (Å²) < 4.78 is 7.22. The fraction of sp³-hybridized carbons (Fsp3) is 0.348. The molecule has 0 aliphatic carbocycles. The van der Waals surface area contributed by atoms with E-state index in [0.717, 1.165) is 21.7 Å². The molecule has 0 bridgehead atoms. The van der Waals surface area contributed by atoms with Crippen LogP contribution in [-0.2, 0) is 36.2 Å². The zero-order valence-corrected chi connectivity index (χ0v) is 19.3. The van der Waals surface area contributed by atoms with Gasteiger partial charge in [-0.2, -0.15) is 5.26 Å². The summed E-state index contributed by atoms with van der Waals surface area (Å²) in [5, 5.41) is 13.2. The number of aromatic nitrogens is 3. The van der Waals surface area contributed by atoms with E-state index in [0.29, 0.717) is 30.1 Å². The highest BCUT2D eigenvalue weighted by Crippen LogP contribution is 2.37. The number of nitrogens with zero attached hydrogens (tertiary/aromatic N) is 5. The summed E-state index contributed by atoms with van der Waals surface area (Å²) >= 11 is 1.35. The van der Waals surface area contributed by atoms with Crippen LogP contribution in [0.3, 0.4) is 0 Å². The van der Waals surface area contributed by atoms with Gasteiger partial charge in [0.05, 0.1) is 30.3 Å². The highest BCUT2D eigenvalue weighted by atomic mass is 32.1. The number of carbonyl (C=O) groups is 2. The molecule has 0 radical (unpaired) electrons. The first-order valence-electron chi connectivity index (χ1n) is 10.6. The van der Waals surface area contributed by atoms with Gasteiger partial charge in [0, 0.05) is 37.3 Å². The van der Waals surface area contributed by atoms with Crippen molar-refractivity contribution in [2.75, 3.05) is 11.9 Å². The van der Waals surface area contributed by atoms with E-state index in [1.165, 1.54) is 11.3 Å². The number of ether oxygens (including phenoxy) is 1. The van der Waals surface area contributed by atoms with Gasteiger partial charge in [-0.3, -0.25) is 9.78 Å². The molecule has 170 valence electrons. The predicted molar refractivity (Wildman–Crippen MR) is 122 cm³/mol. The topological polar surface area (TPSA) is 113 Å². The Morgan fingerprint density at radius 1 is 1.36 bits per heavy atom. The van der Waals surface area contributed by atoms with Gasteiger partial charge in [0.2, 0.25) is 5.91 Å². The third-order valence-corrected chi connectivity index (χ3v) is 6.82. The van der Waals surface area contributed by atoms with Crippen LogP contribution in [0.15, 0.2) is 37.1 Å². The van der Waals surface area contributed by atoms with Crippen molar-refractivity contribution >= 4 is 28.3 Å². The van der Waals surface area contributed by atoms with E-state index < -0.39 is 6.09 Å². The average Bonchev–Trinajstić information content (AvgIpc) is 3.39. The van der Waals surface area contributed by atoms with Crippen molar-refractivity contribution in [3.63, 3.8) is 0 Å². The molecule has 4 heterocycles. The maximum Gasteiger partial charge on any atom is 0.410 e. The summed E-state index contributed by atoms with van der Waals surface area (Å²) in [6.45, 7) is 2.91. The maximum absolute atomic E-state index is 12.6. The van der Waals surface area contributed by atoms with Crippen LogP contribution in [-0.4, -0.2) is 38.0 Å². The van der Waals surface area contributed by atoms with Gasteiger partial charge in [-0.1, -0.05) is 13.0 Å². The Balaban J connectivity index is 1.40. The number of hydrogen-bond acceptors (Lipinski definition) is 7. The van der Waals surface area contributed by atoms with Crippen LogP contribution in [0.2, 0.25) is 0 Å². The van der Waals surface area contributed by atoms with E-state index in [4.69, 9.17) is 4.74 Å². The molecule has 1 unspecified atom stereocenters. The Bertz CT molecular complexity index is 1200. The SMILES string of the molecule is CC(CC(=O)Nc1sc2c(c1C#N)CCN(C(=O)OCc1cncn1C)C2)c1cccnc1. The first-order valence-corrected chi connectivity index (χ1v) is 11.4. The van der Waals surface area contributed by atoms with Gasteiger partial charge in [-0.05, 0) is 29.5 Å². The molecule has 0 fully saturated rings. The van der Waals surface area contributed by atoms with Crippen LogP contribution < -0.4 is 5.32 Å². The number of carbonyl (C=O) groups excluding carboxylic acids is 2. The molecule has 10 heteroatoms. The summed E-state index contributed by atoms with van der Waals surface area (Å²) in [4.78, 5) is 35.8. The quantitative estimate of drug-likeness (QED) is 0.597. The van der Waals surface area contributed by atoms with Crippen LogP contribution in [0, 0.1) is 11.3 Å². The molecule has 4 rings (SSSR count). The third kappa shape index (κ3) is 5.04. The summed E-state index contributed by atoms with van der Waals surface area (Å²) in [6, 6.07) is 6.02. The van der Waals surface area contributed by atoms with Gasteiger partial charge in [-0.15, -0.1) is 11.3 Å². The van der Waals surface area contributed by atoms with Crippen molar-refractivity contribution in [2.45, 2.75) is 38.8 Å². The summed E-state index contributed by atoms with van der Waals surface area (Å²) in [6.07, 6.45) is 7.17. The van der Waals surface area contributed by atoms with E-state index in [1.807, 2.05) is 26.1 Å². The minimum Gasteiger partial charge on any atom is -0.443 e. The lowest BCUT2D eigenvalue weighted by Gasteiger charge is -2.26. The number of anilines is 1. The minimum absolute atomic E-state index is 0.00325. The van der Waals surface area contributed by atoms with E-state index in [1.54, 1.807) is 34.4 Å². The number of imidazole rings is 1. The molecule has 33 heavy (non-hydrogen) atoms. The molecular formula is C23H24N6O3S. The van der Waals surface area contributed by atoms with E-state index in [9.17, 15) is 14.9 Å². The largest absolute Gasteiger partial charge is 0.443 e. The molecule has 0 saturated heterocycles. The number of nitriles is 1. The maximum atomic E-state index is 12.6. The van der Waals surface area contributed by atoms with Crippen molar-refractivity contribution in [3.8, 4) is 6.07 Å². The van der Waals surface area contributed by atoms with Gasteiger partial charge in [0.15, 0.2) is 0 Å². The number of amides is 2. The summed E-state index contributed by atoms with van der Waals surface area (Å²) in [7, 11) is 1.84. The van der Waals surface area contributed by atoms with Crippen LogP contribution in [0.1, 0.15) is 46.5 Å². The van der Waals surface area contributed by atoms with E-state index in [-0.39, 0.29) is 24.9 Å². The van der Waals surface area contributed by atoms with Crippen LogP contribution >= 0.6 is 11.3 Å². The fourth-order valence-electron chi connectivity index (χ4n) is 3.76. The number of aryl methyl sites for hydroxylation is 1. The Morgan fingerprint density at radius 3 is 2.91 bits per heavy atom. The summed E-state index contributed by atoms with van der Waals surface area (Å²) in [5.41, 5.74) is 3.17. The van der Waals surface area contributed by atoms with Crippen LogP contribution in [0.4, 0.5) is 9.80 Å². The van der Waals surface area contributed by atoms with Crippen molar-refractivity contribution in [1.82, 2.24) is 19.4 Å². The van der Waals surface area contributed by atoms with Crippen molar-refractivity contribution < 1.29 is 14.3 Å². The van der Waals surface area contributed by atoms with E-state index >= 15 is 0 Å². The number of pyridine rings is 1. The highest BCUT2D eigenvalue weighted by molar-refractivity contribution is 7.16. The smallest absolute Gasteiger partial charge is 0.410 e. The Kier molecular flexibility index (Phi) is 6.70. The Labute approximate surface area is 195 Å². The molecule has 1 aliphatic rings. The summed E-state index contributed by atoms with van der Waals surface area (Å²) in [5.74, 6) is -0.155. The molecule has 1 aliphatic heterocycles. The Morgan fingerprint density at radius 2 is 2.21 bits per heavy atom. The monoisotopic (exact) mass is 464 g/mol. The predicted octanol–water partition coefficient (Wildman–Crippen LogP) is 3.58. The van der Waals surface area contributed by atoms with Crippen molar-refractivity contribution in [1.29, 1.82) is 5.26 Å². The molecule has 1 N–H and O–H groups in total. The molecule has 3 aromatic rings. The zero-order valence-electron chi connectivity index (χ0n) is 18.4. The molecular weight excluding hydrogens is 440 g/mol.